The van der Waals surface area contributed by atoms with Gasteiger partial charge in [0, 0.05) is 12.8 Å². The maximum atomic E-state index is 13.1. The van der Waals surface area contributed by atoms with Crippen molar-refractivity contribution in [1.82, 2.24) is 0 Å². The zero-order chi connectivity index (χ0) is 27.7. The third-order valence-electron chi connectivity index (χ3n) is 7.29. The Labute approximate surface area is 228 Å². The predicted molar refractivity (Wildman–Crippen MR) is 152 cm³/mol. The van der Waals surface area contributed by atoms with Crippen molar-refractivity contribution in [3.8, 4) is 0 Å². The summed E-state index contributed by atoms with van der Waals surface area (Å²) in [6, 6.07) is 0. The van der Waals surface area contributed by atoms with Gasteiger partial charge in [0.25, 0.3) is 0 Å². The summed E-state index contributed by atoms with van der Waals surface area (Å²) in [7, 11) is 0. The third-order valence-corrected chi connectivity index (χ3v) is 7.29. The van der Waals surface area contributed by atoms with E-state index in [1.54, 1.807) is 0 Å². The van der Waals surface area contributed by atoms with Gasteiger partial charge in [-0.3, -0.25) is 19.2 Å². The van der Waals surface area contributed by atoms with Crippen LogP contribution in [0.5, 0.6) is 0 Å². The summed E-state index contributed by atoms with van der Waals surface area (Å²) in [5, 5.41) is 0. The number of rotatable bonds is 26. The highest BCUT2D eigenvalue weighted by molar-refractivity contribution is 6.06. The molecule has 0 bridgehead atoms. The molecule has 0 aromatic rings. The van der Waals surface area contributed by atoms with Crippen molar-refractivity contribution in [3.63, 3.8) is 0 Å². The zero-order valence-electron chi connectivity index (χ0n) is 24.8. The molecule has 0 aromatic heterocycles. The van der Waals surface area contributed by atoms with Crippen LogP contribution in [-0.2, 0) is 23.9 Å². The summed E-state index contributed by atoms with van der Waals surface area (Å²) < 4.78 is 5.30. The molecule has 0 aliphatic heterocycles. The summed E-state index contributed by atoms with van der Waals surface area (Å²) in [6.45, 7) is 8.54. The molecule has 0 aliphatic rings. The van der Waals surface area contributed by atoms with E-state index in [1.165, 1.54) is 0 Å². The van der Waals surface area contributed by atoms with Gasteiger partial charge in [-0.25, -0.2) is 0 Å². The maximum Gasteiger partial charge on any atom is 0.324 e. The highest BCUT2D eigenvalue weighted by Crippen LogP contribution is 2.22. The number of carbonyl (C=O) groups is 4. The van der Waals surface area contributed by atoms with Gasteiger partial charge in [-0.1, -0.05) is 130 Å². The fourth-order valence-electron chi connectivity index (χ4n) is 4.77. The molecule has 0 radical (unpaired) electrons. The highest BCUT2D eigenvalue weighted by atomic mass is 16.6. The van der Waals surface area contributed by atoms with Crippen LogP contribution in [0.2, 0.25) is 0 Å². The van der Waals surface area contributed by atoms with E-state index in [0.29, 0.717) is 25.7 Å². The molecule has 216 valence electrons. The van der Waals surface area contributed by atoms with E-state index in [9.17, 15) is 19.2 Å². The Morgan fingerprint density at radius 2 is 0.730 bits per heavy atom. The number of unbranched alkanes of at least 4 members (excludes halogenated alkanes) is 14. The first kappa shape index (κ1) is 35.5. The smallest absolute Gasteiger partial charge is 0.324 e. The first-order valence-corrected chi connectivity index (χ1v) is 15.7. The highest BCUT2D eigenvalue weighted by Gasteiger charge is 2.33. The van der Waals surface area contributed by atoms with Crippen LogP contribution < -0.4 is 0 Å². The SMILES string of the molecule is CCCCCCCC(=O)C(CCCCCC)C(=O)OC(=O)C(CCCCCC)C(=O)CCCCCCC. The van der Waals surface area contributed by atoms with Gasteiger partial charge in [-0.05, 0) is 25.7 Å². The first-order chi connectivity index (χ1) is 17.9. The fourth-order valence-corrected chi connectivity index (χ4v) is 4.77. The molecule has 0 fully saturated rings. The predicted octanol–water partition coefficient (Wildman–Crippen LogP) is 9.09. The average molecular weight is 523 g/mol. The summed E-state index contributed by atoms with van der Waals surface area (Å²) >= 11 is 0. The average Bonchev–Trinajstić information content (AvgIpc) is 2.88. The molecule has 0 heterocycles. The Morgan fingerprint density at radius 3 is 1.05 bits per heavy atom. The lowest BCUT2D eigenvalue weighted by Crippen LogP contribution is -2.33. The van der Waals surface area contributed by atoms with Gasteiger partial charge in [0.05, 0.1) is 0 Å². The topological polar surface area (TPSA) is 77.5 Å². The standard InChI is InChI=1S/C32H58O5/c1-5-9-13-17-21-25-29(33)27(23-19-15-11-7-3)31(35)37-32(36)28(24-20-16-12-8-4)30(34)26-22-18-14-10-6-2/h27-28H,5-26H2,1-4H3. The van der Waals surface area contributed by atoms with Crippen LogP contribution >= 0.6 is 0 Å². The van der Waals surface area contributed by atoms with Crippen LogP contribution in [0, 0.1) is 11.8 Å². The van der Waals surface area contributed by atoms with Crippen LogP contribution in [0.1, 0.15) is 169 Å². The molecule has 0 saturated carbocycles. The van der Waals surface area contributed by atoms with Crippen molar-refractivity contribution in [3.05, 3.63) is 0 Å². The molecule has 0 amide bonds. The quantitative estimate of drug-likeness (QED) is 0.0643. The normalized spacial score (nSPS) is 12.8. The number of Topliss-reactive ketones (excluding diaryl/α,β-unsaturated/α-hetero) is 2. The van der Waals surface area contributed by atoms with Gasteiger partial charge < -0.3 is 4.74 Å². The number of ether oxygens (including phenoxy) is 1. The van der Waals surface area contributed by atoms with E-state index < -0.39 is 23.8 Å². The fraction of sp³-hybridized carbons (Fsp3) is 0.875. The van der Waals surface area contributed by atoms with E-state index in [4.69, 9.17) is 4.74 Å². The van der Waals surface area contributed by atoms with E-state index in [-0.39, 0.29) is 11.6 Å². The second-order valence-electron chi connectivity index (χ2n) is 10.8. The van der Waals surface area contributed by atoms with Crippen LogP contribution in [0.3, 0.4) is 0 Å². The van der Waals surface area contributed by atoms with Crippen LogP contribution in [-0.4, -0.2) is 23.5 Å². The van der Waals surface area contributed by atoms with Gasteiger partial charge in [0.1, 0.15) is 23.4 Å². The van der Waals surface area contributed by atoms with Crippen molar-refractivity contribution in [2.24, 2.45) is 11.8 Å². The van der Waals surface area contributed by atoms with Crippen molar-refractivity contribution in [1.29, 1.82) is 0 Å². The molecule has 5 heteroatoms. The summed E-state index contributed by atoms with van der Waals surface area (Å²) in [5.74, 6) is -3.50. The largest absolute Gasteiger partial charge is 0.392 e. The Kier molecular flexibility index (Phi) is 23.8. The van der Waals surface area contributed by atoms with Crippen LogP contribution in [0.25, 0.3) is 0 Å². The maximum absolute atomic E-state index is 13.1. The van der Waals surface area contributed by atoms with E-state index >= 15 is 0 Å². The van der Waals surface area contributed by atoms with E-state index in [0.717, 1.165) is 116 Å². The minimum atomic E-state index is -0.892. The van der Waals surface area contributed by atoms with Crippen molar-refractivity contribution in [2.75, 3.05) is 0 Å². The van der Waals surface area contributed by atoms with Gasteiger partial charge >= 0.3 is 11.9 Å². The lowest BCUT2D eigenvalue weighted by molar-refractivity contribution is -0.167. The minimum absolute atomic E-state index is 0.118. The van der Waals surface area contributed by atoms with Crippen LogP contribution in [0.15, 0.2) is 0 Å². The Morgan fingerprint density at radius 1 is 0.432 bits per heavy atom. The molecule has 5 nitrogen and oxygen atoms in total. The lowest BCUT2D eigenvalue weighted by atomic mass is 9.92. The number of hydrogen-bond acceptors (Lipinski definition) is 5. The molecule has 0 N–H and O–H groups in total. The van der Waals surface area contributed by atoms with E-state index in [1.807, 2.05) is 0 Å². The monoisotopic (exact) mass is 522 g/mol. The van der Waals surface area contributed by atoms with Gasteiger partial charge in [-0.2, -0.15) is 0 Å². The second-order valence-corrected chi connectivity index (χ2v) is 10.8. The molecule has 2 unspecified atom stereocenters. The molecular formula is C32H58O5. The van der Waals surface area contributed by atoms with Gasteiger partial charge in [0.15, 0.2) is 0 Å². The number of carbonyl (C=O) groups excluding carboxylic acids is 4. The summed E-state index contributed by atoms with van der Waals surface area (Å²) in [4.78, 5) is 52.0. The molecule has 0 saturated heterocycles. The molecule has 0 aromatic carbocycles. The third kappa shape index (κ3) is 18.4. The Bertz CT molecular complexity index is 560. The molecule has 37 heavy (non-hydrogen) atoms. The van der Waals surface area contributed by atoms with Crippen molar-refractivity contribution >= 4 is 23.5 Å². The Balaban J connectivity index is 5.16. The molecule has 2 atom stereocenters. The summed E-state index contributed by atoms with van der Waals surface area (Å²) in [6.07, 6.45) is 19.5. The Hall–Kier alpha value is -1.52. The second kappa shape index (κ2) is 24.8. The molecule has 0 rings (SSSR count). The van der Waals surface area contributed by atoms with Crippen molar-refractivity contribution in [2.45, 2.75) is 169 Å². The molecular weight excluding hydrogens is 464 g/mol. The summed E-state index contributed by atoms with van der Waals surface area (Å²) in [5.41, 5.74) is 0. The van der Waals surface area contributed by atoms with Gasteiger partial charge in [-0.15, -0.1) is 0 Å². The van der Waals surface area contributed by atoms with Gasteiger partial charge in [0.2, 0.25) is 0 Å². The zero-order valence-corrected chi connectivity index (χ0v) is 24.8. The molecule has 0 aliphatic carbocycles. The number of esters is 2. The lowest BCUT2D eigenvalue weighted by Gasteiger charge is -2.18. The first-order valence-electron chi connectivity index (χ1n) is 15.7. The number of hydrogen-bond donors (Lipinski definition) is 0. The number of ketones is 2. The van der Waals surface area contributed by atoms with Crippen molar-refractivity contribution < 1.29 is 23.9 Å². The van der Waals surface area contributed by atoms with E-state index in [2.05, 4.69) is 27.7 Å². The van der Waals surface area contributed by atoms with Crippen LogP contribution in [0.4, 0.5) is 0 Å². The molecule has 0 spiro atoms. The minimum Gasteiger partial charge on any atom is -0.392 e.